The van der Waals surface area contributed by atoms with Crippen molar-refractivity contribution in [2.75, 3.05) is 0 Å². The van der Waals surface area contributed by atoms with E-state index in [1.807, 2.05) is 0 Å². The lowest BCUT2D eigenvalue weighted by atomic mass is 9.93. The van der Waals surface area contributed by atoms with Gasteiger partial charge >= 0.3 is 0 Å². The Morgan fingerprint density at radius 2 is 2.05 bits per heavy atom. The molecule has 106 valence electrons. The molecule has 2 aliphatic rings. The Balaban J connectivity index is 1.94. The van der Waals surface area contributed by atoms with Crippen molar-refractivity contribution in [3.63, 3.8) is 0 Å². The minimum absolute atomic E-state index is 0.534. The normalized spacial score (nSPS) is 24.9. The second kappa shape index (κ2) is 6.13. The van der Waals surface area contributed by atoms with Crippen molar-refractivity contribution in [3.8, 4) is 0 Å². The summed E-state index contributed by atoms with van der Waals surface area (Å²) in [6, 6.07) is 8.77. The van der Waals surface area contributed by atoms with Gasteiger partial charge in [-0.2, -0.15) is 0 Å². The topological polar surface area (TPSA) is 0 Å². The second-order valence-electron chi connectivity index (χ2n) is 5.84. The van der Waals surface area contributed by atoms with Crippen molar-refractivity contribution in [3.05, 3.63) is 89.1 Å². The van der Waals surface area contributed by atoms with Crippen LogP contribution < -0.4 is 0 Å². The summed E-state index contributed by atoms with van der Waals surface area (Å²) in [5, 5.41) is 0. The molecule has 3 rings (SSSR count). The molecule has 0 saturated heterocycles. The highest BCUT2D eigenvalue weighted by molar-refractivity contribution is 5.86. The van der Waals surface area contributed by atoms with Gasteiger partial charge in [-0.3, -0.25) is 0 Å². The van der Waals surface area contributed by atoms with Crippen molar-refractivity contribution < 1.29 is 0 Å². The Bertz CT molecular complexity index is 678. The van der Waals surface area contributed by atoms with Crippen molar-refractivity contribution in [2.24, 2.45) is 5.92 Å². The summed E-state index contributed by atoms with van der Waals surface area (Å²) in [5.41, 5.74) is 7.09. The number of allylic oxidation sites excluding steroid dienone is 10. The zero-order chi connectivity index (χ0) is 14.7. The van der Waals surface area contributed by atoms with Gasteiger partial charge in [0.1, 0.15) is 0 Å². The van der Waals surface area contributed by atoms with Gasteiger partial charge in [0.2, 0.25) is 0 Å². The molecule has 1 unspecified atom stereocenters. The maximum atomic E-state index is 2.45. The SMILES string of the molecule is C\C=C/C=C1\C(=C\C2C=CC(C)=CC2)Cc2ccccc21. The van der Waals surface area contributed by atoms with E-state index in [9.17, 15) is 0 Å². The molecule has 0 nitrogen and oxygen atoms in total. The predicted octanol–water partition coefficient (Wildman–Crippen LogP) is 5.65. The quantitative estimate of drug-likeness (QED) is 0.653. The van der Waals surface area contributed by atoms with E-state index in [0.717, 1.165) is 12.8 Å². The van der Waals surface area contributed by atoms with E-state index in [1.54, 1.807) is 0 Å². The Morgan fingerprint density at radius 1 is 1.19 bits per heavy atom. The first-order valence-corrected chi connectivity index (χ1v) is 7.75. The first-order valence-electron chi connectivity index (χ1n) is 7.75. The summed E-state index contributed by atoms with van der Waals surface area (Å²) in [6.45, 7) is 4.24. The van der Waals surface area contributed by atoms with Gasteiger partial charge in [0.05, 0.1) is 0 Å². The number of benzene rings is 1. The second-order valence-corrected chi connectivity index (χ2v) is 5.84. The Labute approximate surface area is 127 Å². The average molecular weight is 274 g/mol. The molecule has 0 amide bonds. The van der Waals surface area contributed by atoms with Gasteiger partial charge in [-0.1, -0.05) is 72.4 Å². The first kappa shape index (κ1) is 13.9. The fourth-order valence-electron chi connectivity index (χ4n) is 3.07. The molecule has 0 heteroatoms. The highest BCUT2D eigenvalue weighted by Gasteiger charge is 2.21. The van der Waals surface area contributed by atoms with Crippen molar-refractivity contribution in [1.82, 2.24) is 0 Å². The molecular weight excluding hydrogens is 252 g/mol. The lowest BCUT2D eigenvalue weighted by molar-refractivity contribution is 0.807. The van der Waals surface area contributed by atoms with Crippen LogP contribution in [0.2, 0.25) is 0 Å². The van der Waals surface area contributed by atoms with E-state index >= 15 is 0 Å². The largest absolute Gasteiger partial charge is 0.0876 e. The maximum absolute atomic E-state index is 2.45. The summed E-state index contributed by atoms with van der Waals surface area (Å²) in [6.07, 6.45) is 18.0. The summed E-state index contributed by atoms with van der Waals surface area (Å²) in [4.78, 5) is 0. The molecule has 0 spiro atoms. The monoisotopic (exact) mass is 274 g/mol. The molecule has 0 radical (unpaired) electrons. The molecule has 1 aromatic carbocycles. The van der Waals surface area contributed by atoms with Crippen LogP contribution in [0.25, 0.3) is 5.57 Å². The maximum Gasteiger partial charge on any atom is -0.000939 e. The van der Waals surface area contributed by atoms with Crippen LogP contribution in [0, 0.1) is 5.92 Å². The van der Waals surface area contributed by atoms with Gasteiger partial charge in [-0.15, -0.1) is 0 Å². The van der Waals surface area contributed by atoms with Gasteiger partial charge in [0.15, 0.2) is 0 Å². The molecule has 0 fully saturated rings. The van der Waals surface area contributed by atoms with Crippen LogP contribution in [-0.2, 0) is 6.42 Å². The summed E-state index contributed by atoms with van der Waals surface area (Å²) in [5.74, 6) is 0.534. The van der Waals surface area contributed by atoms with Crippen LogP contribution in [0.3, 0.4) is 0 Å². The van der Waals surface area contributed by atoms with E-state index < -0.39 is 0 Å². The summed E-state index contributed by atoms with van der Waals surface area (Å²) >= 11 is 0. The number of hydrogen-bond donors (Lipinski definition) is 0. The van der Waals surface area contributed by atoms with Crippen LogP contribution in [-0.4, -0.2) is 0 Å². The fourth-order valence-corrected chi connectivity index (χ4v) is 3.07. The van der Waals surface area contributed by atoms with E-state index in [-0.39, 0.29) is 0 Å². The van der Waals surface area contributed by atoms with Gasteiger partial charge in [-0.05, 0) is 54.9 Å². The molecule has 2 aliphatic carbocycles. The highest BCUT2D eigenvalue weighted by Crippen LogP contribution is 2.38. The number of rotatable bonds is 2. The van der Waals surface area contributed by atoms with Gasteiger partial charge in [-0.25, -0.2) is 0 Å². The van der Waals surface area contributed by atoms with E-state index in [2.05, 4.69) is 80.6 Å². The van der Waals surface area contributed by atoms with Crippen LogP contribution >= 0.6 is 0 Å². The predicted molar refractivity (Wildman–Crippen MR) is 92.0 cm³/mol. The standard InChI is InChI=1S/C21H22/c1-3-4-8-21-19(14-17-12-10-16(2)11-13-17)15-18-7-5-6-9-20(18)21/h3-12,14,17H,13,15H2,1-2H3/b4-3-,19-14+,21-8+. The molecule has 0 N–H and O–H groups in total. The molecule has 21 heavy (non-hydrogen) atoms. The molecular formula is C21H22. The van der Waals surface area contributed by atoms with E-state index in [0.29, 0.717) is 5.92 Å². The van der Waals surface area contributed by atoms with Crippen molar-refractivity contribution in [2.45, 2.75) is 26.7 Å². The lowest BCUT2D eigenvalue weighted by Crippen LogP contribution is -1.97. The lowest BCUT2D eigenvalue weighted by Gasteiger charge is -2.12. The van der Waals surface area contributed by atoms with E-state index in [4.69, 9.17) is 0 Å². The minimum atomic E-state index is 0.534. The van der Waals surface area contributed by atoms with Gasteiger partial charge in [0, 0.05) is 0 Å². The fraction of sp³-hybridized carbons (Fsp3) is 0.238. The third-order valence-electron chi connectivity index (χ3n) is 4.22. The molecule has 0 aromatic heterocycles. The van der Waals surface area contributed by atoms with Gasteiger partial charge in [0.25, 0.3) is 0 Å². The van der Waals surface area contributed by atoms with Crippen LogP contribution in [0.5, 0.6) is 0 Å². The molecule has 0 bridgehead atoms. The van der Waals surface area contributed by atoms with Crippen LogP contribution in [0.15, 0.2) is 77.9 Å². The van der Waals surface area contributed by atoms with Crippen LogP contribution in [0.4, 0.5) is 0 Å². The molecule has 0 aliphatic heterocycles. The average Bonchev–Trinajstić information content (AvgIpc) is 2.85. The summed E-state index contributed by atoms with van der Waals surface area (Å²) < 4.78 is 0. The Hall–Kier alpha value is -2.08. The van der Waals surface area contributed by atoms with Gasteiger partial charge < -0.3 is 0 Å². The van der Waals surface area contributed by atoms with Crippen molar-refractivity contribution >= 4 is 5.57 Å². The van der Waals surface area contributed by atoms with E-state index in [1.165, 1.54) is 27.8 Å². The molecule has 1 aromatic rings. The zero-order valence-electron chi connectivity index (χ0n) is 12.8. The van der Waals surface area contributed by atoms with Crippen molar-refractivity contribution in [1.29, 1.82) is 0 Å². The van der Waals surface area contributed by atoms with Crippen LogP contribution in [0.1, 0.15) is 31.4 Å². The molecule has 0 saturated carbocycles. The Morgan fingerprint density at radius 3 is 2.81 bits per heavy atom. The summed E-state index contributed by atoms with van der Waals surface area (Å²) in [7, 11) is 0. The number of fused-ring (bicyclic) bond motifs is 1. The molecule has 1 atom stereocenters. The first-order chi connectivity index (χ1) is 10.3. The Kier molecular flexibility index (Phi) is 4.06. The zero-order valence-corrected chi connectivity index (χ0v) is 12.8. The number of hydrogen-bond acceptors (Lipinski definition) is 0. The minimum Gasteiger partial charge on any atom is -0.0876 e. The third kappa shape index (κ3) is 3.00. The highest BCUT2D eigenvalue weighted by atomic mass is 14.2. The third-order valence-corrected chi connectivity index (χ3v) is 4.22. The molecule has 0 heterocycles. The smallest absolute Gasteiger partial charge is 0.000939 e.